The van der Waals surface area contributed by atoms with Crippen LogP contribution >= 0.6 is 0 Å². The summed E-state index contributed by atoms with van der Waals surface area (Å²) in [4.78, 5) is 40.8. The second kappa shape index (κ2) is 10.4. The summed E-state index contributed by atoms with van der Waals surface area (Å²) in [5.74, 6) is -1.37. The van der Waals surface area contributed by atoms with Gasteiger partial charge in [-0.05, 0) is 62.8 Å². The van der Waals surface area contributed by atoms with Crippen LogP contribution in [0.5, 0.6) is 0 Å². The fourth-order valence-electron chi connectivity index (χ4n) is 4.39. The molecule has 2 amide bonds. The fraction of sp³-hybridized carbons (Fsp3) is 0.609. The van der Waals surface area contributed by atoms with E-state index in [9.17, 15) is 27.6 Å². The molecule has 0 bridgehead atoms. The molecule has 3 rings (SSSR count). The number of halogens is 3. The number of esters is 1. The van der Waals surface area contributed by atoms with Gasteiger partial charge in [0, 0.05) is 31.2 Å². The Hall–Kier alpha value is -2.58. The first-order chi connectivity index (χ1) is 15.2. The van der Waals surface area contributed by atoms with Gasteiger partial charge in [0.1, 0.15) is 0 Å². The van der Waals surface area contributed by atoms with Gasteiger partial charge in [-0.1, -0.05) is 6.92 Å². The standard InChI is InChI=1S/C23H29F3N2O4/c1-2-19-5-3-4-12-28(19)20(29)15-32-22(31)17-10-13-27(14-11-17)21(30)16-6-8-18(9-7-16)23(24,25)26/h6-9,17,19H,2-5,10-15H2,1H3. The molecule has 32 heavy (non-hydrogen) atoms. The number of piperidine rings is 2. The fourth-order valence-corrected chi connectivity index (χ4v) is 4.39. The predicted molar refractivity (Wildman–Crippen MR) is 111 cm³/mol. The van der Waals surface area contributed by atoms with Crippen LogP contribution in [0.25, 0.3) is 0 Å². The number of carbonyl (C=O) groups is 3. The van der Waals surface area contributed by atoms with Gasteiger partial charge in [-0.3, -0.25) is 14.4 Å². The van der Waals surface area contributed by atoms with Crippen molar-refractivity contribution in [2.24, 2.45) is 5.92 Å². The number of amides is 2. The topological polar surface area (TPSA) is 66.9 Å². The van der Waals surface area contributed by atoms with Crippen LogP contribution < -0.4 is 0 Å². The summed E-state index contributed by atoms with van der Waals surface area (Å²) in [5, 5.41) is 0. The van der Waals surface area contributed by atoms with Gasteiger partial charge >= 0.3 is 12.1 Å². The molecule has 0 spiro atoms. The van der Waals surface area contributed by atoms with Gasteiger partial charge in [-0.25, -0.2) is 0 Å². The van der Waals surface area contributed by atoms with Gasteiger partial charge in [0.05, 0.1) is 11.5 Å². The van der Waals surface area contributed by atoms with E-state index in [1.807, 2.05) is 11.8 Å². The Balaban J connectivity index is 1.46. The van der Waals surface area contributed by atoms with E-state index in [1.54, 1.807) is 0 Å². The Kier molecular flexibility index (Phi) is 7.79. The highest BCUT2D eigenvalue weighted by Crippen LogP contribution is 2.29. The van der Waals surface area contributed by atoms with Gasteiger partial charge in [0.25, 0.3) is 11.8 Å². The quantitative estimate of drug-likeness (QED) is 0.633. The average molecular weight is 454 g/mol. The first kappa shape index (κ1) is 24.1. The first-order valence-corrected chi connectivity index (χ1v) is 11.1. The molecule has 0 aliphatic carbocycles. The summed E-state index contributed by atoms with van der Waals surface area (Å²) in [6, 6.07) is 4.32. The second-order valence-electron chi connectivity index (χ2n) is 8.39. The predicted octanol–water partition coefficient (Wildman–Crippen LogP) is 3.89. The van der Waals surface area contributed by atoms with E-state index in [0.717, 1.165) is 37.8 Å². The van der Waals surface area contributed by atoms with E-state index < -0.39 is 23.6 Å². The highest BCUT2D eigenvalue weighted by atomic mass is 19.4. The Morgan fingerprint density at radius 1 is 1.00 bits per heavy atom. The van der Waals surface area contributed by atoms with E-state index in [-0.39, 0.29) is 30.0 Å². The molecule has 2 aliphatic rings. The van der Waals surface area contributed by atoms with Crippen molar-refractivity contribution in [1.29, 1.82) is 0 Å². The zero-order valence-electron chi connectivity index (χ0n) is 18.2. The number of benzene rings is 1. The number of alkyl halides is 3. The normalized spacial score (nSPS) is 20.2. The molecular weight excluding hydrogens is 425 g/mol. The summed E-state index contributed by atoms with van der Waals surface area (Å²) in [5.41, 5.74) is -0.628. The van der Waals surface area contributed by atoms with Crippen LogP contribution in [-0.4, -0.2) is 59.9 Å². The third-order valence-corrected chi connectivity index (χ3v) is 6.33. The zero-order valence-corrected chi connectivity index (χ0v) is 18.2. The van der Waals surface area contributed by atoms with E-state index in [4.69, 9.17) is 4.74 Å². The zero-order chi connectivity index (χ0) is 23.3. The monoisotopic (exact) mass is 454 g/mol. The highest BCUT2D eigenvalue weighted by Gasteiger charge is 2.32. The van der Waals surface area contributed by atoms with E-state index in [1.165, 1.54) is 17.0 Å². The number of nitrogens with zero attached hydrogens (tertiary/aromatic N) is 2. The lowest BCUT2D eigenvalue weighted by Gasteiger charge is -2.35. The summed E-state index contributed by atoms with van der Waals surface area (Å²) in [7, 11) is 0. The lowest BCUT2D eigenvalue weighted by molar-refractivity contribution is -0.158. The minimum atomic E-state index is -4.45. The largest absolute Gasteiger partial charge is 0.455 e. The number of likely N-dealkylation sites (tertiary alicyclic amines) is 2. The highest BCUT2D eigenvalue weighted by molar-refractivity contribution is 5.94. The molecule has 0 saturated carbocycles. The molecule has 1 unspecified atom stereocenters. The molecule has 6 nitrogen and oxygen atoms in total. The van der Waals surface area contributed by atoms with Crippen molar-refractivity contribution in [1.82, 2.24) is 9.80 Å². The lowest BCUT2D eigenvalue weighted by Crippen LogP contribution is -2.46. The van der Waals surface area contributed by atoms with Gasteiger partial charge in [0.15, 0.2) is 6.61 Å². The maximum Gasteiger partial charge on any atom is 0.416 e. The van der Waals surface area contributed by atoms with E-state index >= 15 is 0 Å². The Bertz CT molecular complexity index is 818. The molecule has 2 aliphatic heterocycles. The van der Waals surface area contributed by atoms with E-state index in [0.29, 0.717) is 32.5 Å². The first-order valence-electron chi connectivity index (χ1n) is 11.1. The van der Waals surface area contributed by atoms with Crippen molar-refractivity contribution in [3.8, 4) is 0 Å². The van der Waals surface area contributed by atoms with Crippen LogP contribution in [0, 0.1) is 5.92 Å². The number of hydrogen-bond acceptors (Lipinski definition) is 4. The van der Waals surface area contributed by atoms with E-state index in [2.05, 4.69) is 0 Å². The number of ether oxygens (including phenoxy) is 1. The molecule has 1 aromatic carbocycles. The molecule has 0 aromatic heterocycles. The van der Waals surface area contributed by atoms with Crippen LogP contribution in [0.1, 0.15) is 61.4 Å². The number of rotatable bonds is 5. The van der Waals surface area contributed by atoms with Gasteiger partial charge in [-0.15, -0.1) is 0 Å². The van der Waals surface area contributed by atoms with Crippen LogP contribution in [0.4, 0.5) is 13.2 Å². The molecule has 2 heterocycles. The van der Waals surface area contributed by atoms with Crippen molar-refractivity contribution in [3.63, 3.8) is 0 Å². The minimum absolute atomic E-state index is 0.167. The van der Waals surface area contributed by atoms with Crippen molar-refractivity contribution < 1.29 is 32.3 Å². The molecule has 0 radical (unpaired) electrons. The van der Waals surface area contributed by atoms with Crippen LogP contribution in [0.2, 0.25) is 0 Å². The van der Waals surface area contributed by atoms with Crippen molar-refractivity contribution in [2.75, 3.05) is 26.2 Å². The lowest BCUT2D eigenvalue weighted by atomic mass is 9.96. The van der Waals surface area contributed by atoms with Gasteiger partial charge < -0.3 is 14.5 Å². The van der Waals surface area contributed by atoms with Gasteiger partial charge in [-0.2, -0.15) is 13.2 Å². The maximum atomic E-state index is 12.7. The van der Waals surface area contributed by atoms with Crippen molar-refractivity contribution in [2.45, 2.75) is 57.7 Å². The minimum Gasteiger partial charge on any atom is -0.455 e. The summed E-state index contributed by atoms with van der Waals surface area (Å²) >= 11 is 0. The summed E-state index contributed by atoms with van der Waals surface area (Å²) < 4.78 is 43.3. The Morgan fingerprint density at radius 2 is 1.66 bits per heavy atom. The molecule has 1 atom stereocenters. The third-order valence-electron chi connectivity index (χ3n) is 6.33. The smallest absolute Gasteiger partial charge is 0.416 e. The summed E-state index contributed by atoms with van der Waals surface area (Å²) in [6.07, 6.45) is 0.245. The second-order valence-corrected chi connectivity index (χ2v) is 8.39. The maximum absolute atomic E-state index is 12.7. The molecule has 1 aromatic rings. The molecular formula is C23H29F3N2O4. The molecule has 9 heteroatoms. The van der Waals surface area contributed by atoms with Crippen molar-refractivity contribution >= 4 is 17.8 Å². The Morgan fingerprint density at radius 3 is 2.25 bits per heavy atom. The Labute approximate surface area is 185 Å². The summed E-state index contributed by atoms with van der Waals surface area (Å²) in [6.45, 7) is 3.08. The van der Waals surface area contributed by atoms with Crippen LogP contribution in [0.15, 0.2) is 24.3 Å². The number of carbonyl (C=O) groups excluding carboxylic acids is 3. The van der Waals surface area contributed by atoms with Crippen LogP contribution in [-0.2, 0) is 20.5 Å². The van der Waals surface area contributed by atoms with Gasteiger partial charge in [0.2, 0.25) is 0 Å². The molecule has 0 N–H and O–H groups in total. The SMILES string of the molecule is CCC1CCCCN1C(=O)COC(=O)C1CCN(C(=O)c2ccc(C(F)(F)F)cc2)CC1. The average Bonchev–Trinajstić information content (AvgIpc) is 2.81. The molecule has 2 saturated heterocycles. The number of hydrogen-bond donors (Lipinski definition) is 0. The molecule has 2 fully saturated rings. The third kappa shape index (κ3) is 5.81. The van der Waals surface area contributed by atoms with Crippen molar-refractivity contribution in [3.05, 3.63) is 35.4 Å². The molecule has 176 valence electrons. The van der Waals surface area contributed by atoms with Crippen LogP contribution in [0.3, 0.4) is 0 Å².